The number of ether oxygens (including phenoxy) is 1. The smallest absolute Gasteiger partial charge is 0.265 e. The molecule has 128 valence electrons. The van der Waals surface area contributed by atoms with E-state index in [1.54, 1.807) is 6.08 Å². The zero-order chi connectivity index (χ0) is 16.9. The van der Waals surface area contributed by atoms with E-state index in [1.807, 2.05) is 34.1 Å². The molecule has 0 aromatic heterocycles. The van der Waals surface area contributed by atoms with Crippen molar-refractivity contribution in [2.75, 3.05) is 31.1 Å². The lowest BCUT2D eigenvalue weighted by atomic mass is 10.1. The number of thiocarbonyl (C=S) groups is 1. The lowest BCUT2D eigenvalue weighted by molar-refractivity contribution is -0.139. The van der Waals surface area contributed by atoms with E-state index in [9.17, 15) is 4.79 Å². The Balaban J connectivity index is 1.80. The molecular weight excluding hydrogens is 322 g/mol. The number of likely N-dealkylation sites (tertiary alicyclic amines) is 1. The molecule has 1 aromatic rings. The van der Waals surface area contributed by atoms with Crippen molar-refractivity contribution in [1.82, 2.24) is 10.2 Å². The van der Waals surface area contributed by atoms with Gasteiger partial charge in [0, 0.05) is 19.6 Å². The Morgan fingerprint density at radius 2 is 2.08 bits per heavy atom. The summed E-state index contributed by atoms with van der Waals surface area (Å²) >= 11 is 5.50. The van der Waals surface area contributed by atoms with Gasteiger partial charge >= 0.3 is 0 Å². The monoisotopic (exact) mass is 345 g/mol. The highest BCUT2D eigenvalue weighted by Crippen LogP contribution is 2.33. The Morgan fingerprint density at radius 3 is 2.83 bits per heavy atom. The van der Waals surface area contributed by atoms with Crippen molar-refractivity contribution < 1.29 is 9.53 Å². The summed E-state index contributed by atoms with van der Waals surface area (Å²) in [6.07, 6.45) is 4.56. The van der Waals surface area contributed by atoms with Crippen LogP contribution in [0.25, 0.3) is 0 Å². The second-order valence-electron chi connectivity index (χ2n) is 6.05. The number of piperidine rings is 1. The van der Waals surface area contributed by atoms with Crippen LogP contribution in [0.3, 0.4) is 0 Å². The number of anilines is 1. The third-order valence-corrected chi connectivity index (χ3v) is 4.72. The van der Waals surface area contributed by atoms with Crippen molar-refractivity contribution in [3.8, 4) is 5.75 Å². The molecule has 0 unspecified atom stereocenters. The quantitative estimate of drug-likeness (QED) is 0.673. The molecule has 2 aliphatic rings. The van der Waals surface area contributed by atoms with Crippen LogP contribution in [-0.2, 0) is 4.79 Å². The third kappa shape index (κ3) is 3.53. The number of para-hydroxylation sites is 2. The minimum atomic E-state index is -0.526. The number of nitrogens with zero attached hydrogens (tertiary/aromatic N) is 2. The molecule has 2 heterocycles. The van der Waals surface area contributed by atoms with E-state index in [4.69, 9.17) is 17.0 Å². The first-order valence-corrected chi connectivity index (χ1v) is 8.82. The highest BCUT2D eigenvalue weighted by molar-refractivity contribution is 7.80. The molecule has 0 bridgehead atoms. The van der Waals surface area contributed by atoms with Gasteiger partial charge in [-0.25, -0.2) is 0 Å². The number of amides is 1. The van der Waals surface area contributed by atoms with Gasteiger partial charge in [-0.1, -0.05) is 18.2 Å². The molecule has 5 nitrogen and oxygen atoms in total. The zero-order valence-electron chi connectivity index (χ0n) is 13.7. The minimum Gasteiger partial charge on any atom is -0.476 e. The first-order valence-electron chi connectivity index (χ1n) is 8.41. The Kier molecular flexibility index (Phi) is 5.35. The highest BCUT2D eigenvalue weighted by atomic mass is 32.1. The number of hydrogen-bond acceptors (Lipinski definition) is 3. The second-order valence-corrected chi connectivity index (χ2v) is 6.43. The van der Waals surface area contributed by atoms with E-state index in [0.29, 0.717) is 24.0 Å². The average Bonchev–Trinajstić information content (AvgIpc) is 2.65. The molecule has 24 heavy (non-hydrogen) atoms. The largest absolute Gasteiger partial charge is 0.476 e. The molecule has 3 rings (SSSR count). The van der Waals surface area contributed by atoms with Gasteiger partial charge in [0.15, 0.2) is 11.2 Å². The van der Waals surface area contributed by atoms with E-state index in [1.165, 1.54) is 6.42 Å². The van der Waals surface area contributed by atoms with Gasteiger partial charge in [-0.3, -0.25) is 4.79 Å². The Bertz CT molecular complexity index is 628. The molecule has 0 radical (unpaired) electrons. The van der Waals surface area contributed by atoms with Crippen LogP contribution in [0.2, 0.25) is 0 Å². The van der Waals surface area contributed by atoms with Gasteiger partial charge in [-0.15, -0.1) is 6.58 Å². The summed E-state index contributed by atoms with van der Waals surface area (Å²) in [5.41, 5.74) is 0.891. The number of carbonyl (C=O) groups is 1. The van der Waals surface area contributed by atoms with Crippen molar-refractivity contribution in [1.29, 1.82) is 0 Å². The van der Waals surface area contributed by atoms with Gasteiger partial charge in [0.25, 0.3) is 5.91 Å². The average molecular weight is 345 g/mol. The van der Waals surface area contributed by atoms with Crippen LogP contribution in [0.1, 0.15) is 19.3 Å². The van der Waals surface area contributed by atoms with Crippen LogP contribution >= 0.6 is 12.2 Å². The summed E-state index contributed by atoms with van der Waals surface area (Å²) in [6, 6.07) is 7.69. The van der Waals surface area contributed by atoms with Crippen LogP contribution in [0.4, 0.5) is 5.69 Å². The molecule has 0 aliphatic carbocycles. The SMILES string of the molecule is C=CCNC(=S)N1C[C@H](C(=O)N2CCCCC2)Oc2ccccc21. The number of nitrogens with one attached hydrogen (secondary N) is 1. The van der Waals surface area contributed by atoms with Crippen LogP contribution in [0.5, 0.6) is 5.75 Å². The fraction of sp³-hybridized carbons (Fsp3) is 0.444. The first kappa shape index (κ1) is 16.8. The standard InChI is InChI=1S/C18H23N3O2S/c1-2-10-19-18(24)21-13-16(17(22)20-11-6-3-7-12-20)23-15-9-5-4-8-14(15)21/h2,4-5,8-9,16H,1,3,6-7,10-13H2,(H,19,24)/t16-/m1/s1. The van der Waals surface area contributed by atoms with E-state index < -0.39 is 6.10 Å². The van der Waals surface area contributed by atoms with Crippen molar-refractivity contribution >= 4 is 28.9 Å². The maximum atomic E-state index is 12.8. The lowest BCUT2D eigenvalue weighted by Crippen LogP contribution is -2.54. The molecule has 1 atom stereocenters. The number of fused-ring (bicyclic) bond motifs is 1. The molecule has 2 aliphatic heterocycles. The minimum absolute atomic E-state index is 0.0562. The Labute approximate surface area is 148 Å². The van der Waals surface area contributed by atoms with Gasteiger partial charge in [0.1, 0.15) is 5.75 Å². The Hall–Kier alpha value is -2.08. The molecule has 1 fully saturated rings. The maximum absolute atomic E-state index is 12.8. The summed E-state index contributed by atoms with van der Waals surface area (Å²) in [6.45, 7) is 6.35. The normalized spacial score (nSPS) is 19.9. The van der Waals surface area contributed by atoms with Crippen LogP contribution in [0.15, 0.2) is 36.9 Å². The number of carbonyl (C=O) groups excluding carboxylic acids is 1. The summed E-state index contributed by atoms with van der Waals surface area (Å²) < 4.78 is 5.99. The fourth-order valence-corrected chi connectivity index (χ4v) is 3.38. The Morgan fingerprint density at radius 1 is 1.33 bits per heavy atom. The van der Waals surface area contributed by atoms with Crippen LogP contribution < -0.4 is 15.0 Å². The summed E-state index contributed by atoms with van der Waals surface area (Å²) in [5, 5.41) is 3.73. The summed E-state index contributed by atoms with van der Waals surface area (Å²) in [7, 11) is 0. The highest BCUT2D eigenvalue weighted by Gasteiger charge is 2.35. The van der Waals surface area contributed by atoms with Crippen molar-refractivity contribution in [3.63, 3.8) is 0 Å². The number of benzene rings is 1. The van der Waals surface area contributed by atoms with Gasteiger partial charge in [0.2, 0.25) is 0 Å². The van der Waals surface area contributed by atoms with Crippen LogP contribution in [-0.4, -0.2) is 48.2 Å². The van der Waals surface area contributed by atoms with Crippen LogP contribution in [0, 0.1) is 0 Å². The lowest BCUT2D eigenvalue weighted by Gasteiger charge is -2.38. The van der Waals surface area contributed by atoms with E-state index in [-0.39, 0.29) is 5.91 Å². The second kappa shape index (κ2) is 7.66. The van der Waals surface area contributed by atoms with Gasteiger partial charge in [-0.2, -0.15) is 0 Å². The summed E-state index contributed by atoms with van der Waals surface area (Å²) in [5.74, 6) is 0.752. The van der Waals surface area contributed by atoms with Crippen molar-refractivity contribution in [3.05, 3.63) is 36.9 Å². The molecule has 0 saturated carbocycles. The van der Waals surface area contributed by atoms with E-state index in [2.05, 4.69) is 11.9 Å². The molecule has 1 amide bonds. The predicted molar refractivity (Wildman–Crippen MR) is 99.4 cm³/mol. The van der Waals surface area contributed by atoms with E-state index in [0.717, 1.165) is 31.6 Å². The topological polar surface area (TPSA) is 44.8 Å². The molecule has 1 saturated heterocycles. The van der Waals surface area contributed by atoms with Gasteiger partial charge in [-0.05, 0) is 43.6 Å². The number of hydrogen-bond donors (Lipinski definition) is 1. The maximum Gasteiger partial charge on any atom is 0.265 e. The molecule has 1 aromatic carbocycles. The van der Waals surface area contributed by atoms with E-state index >= 15 is 0 Å². The van der Waals surface area contributed by atoms with Crippen molar-refractivity contribution in [2.24, 2.45) is 0 Å². The molecule has 6 heteroatoms. The molecule has 1 N–H and O–H groups in total. The third-order valence-electron chi connectivity index (χ3n) is 4.36. The predicted octanol–water partition coefficient (Wildman–Crippen LogP) is 2.33. The first-order chi connectivity index (χ1) is 11.7. The number of rotatable bonds is 3. The zero-order valence-corrected chi connectivity index (χ0v) is 14.6. The van der Waals surface area contributed by atoms with Gasteiger partial charge < -0.3 is 19.9 Å². The van der Waals surface area contributed by atoms with Crippen molar-refractivity contribution in [2.45, 2.75) is 25.4 Å². The molecule has 0 spiro atoms. The van der Waals surface area contributed by atoms with Gasteiger partial charge in [0.05, 0.1) is 12.2 Å². The fourth-order valence-electron chi connectivity index (χ4n) is 3.13. The summed E-state index contributed by atoms with van der Waals surface area (Å²) in [4.78, 5) is 16.7. The molecular formula is C18H23N3O2S.